The van der Waals surface area contributed by atoms with Gasteiger partial charge in [0.15, 0.2) is 0 Å². The summed E-state index contributed by atoms with van der Waals surface area (Å²) in [5.74, 6) is 0.0953. The highest BCUT2D eigenvalue weighted by atomic mass is 35.5. The number of aromatic nitrogens is 1. The van der Waals surface area contributed by atoms with Gasteiger partial charge in [-0.1, -0.05) is 23.4 Å². The number of thioether (sulfide) groups is 1. The van der Waals surface area contributed by atoms with E-state index < -0.39 is 11.7 Å². The van der Waals surface area contributed by atoms with Crippen molar-refractivity contribution < 1.29 is 13.2 Å². The van der Waals surface area contributed by atoms with Crippen LogP contribution in [0.25, 0.3) is 0 Å². The van der Waals surface area contributed by atoms with Crippen LogP contribution in [0.2, 0.25) is 5.02 Å². The highest BCUT2D eigenvalue weighted by Crippen LogP contribution is 2.33. The Hall–Kier alpha value is -0.930. The van der Waals surface area contributed by atoms with Crippen LogP contribution >= 0.6 is 23.4 Å². The highest BCUT2D eigenvalue weighted by Gasteiger charge is 2.31. The number of rotatable bonds is 2. The smallest absolute Gasteiger partial charge is 0.248 e. The van der Waals surface area contributed by atoms with E-state index >= 15 is 0 Å². The Morgan fingerprint density at radius 3 is 2.67 bits per heavy atom. The second-order valence-corrected chi connectivity index (χ2v) is 3.83. The van der Waals surface area contributed by atoms with E-state index in [1.165, 1.54) is 0 Å². The molecule has 0 amide bonds. The Morgan fingerprint density at radius 1 is 1.53 bits per heavy atom. The van der Waals surface area contributed by atoms with Gasteiger partial charge in [0.25, 0.3) is 0 Å². The van der Waals surface area contributed by atoms with Crippen molar-refractivity contribution in [3.63, 3.8) is 0 Å². The fraction of sp³-hybridized carbons (Fsp3) is 0.250. The standard InChI is InChI=1S/C8H4ClF3N2S/c9-6-3-5(8(10,11)12)4-14-7(6)15-2-1-13/h3-4H,2H2. The quantitative estimate of drug-likeness (QED) is 0.757. The summed E-state index contributed by atoms with van der Waals surface area (Å²) < 4.78 is 36.6. The number of halogens is 4. The molecule has 0 saturated heterocycles. The molecule has 0 aliphatic carbocycles. The third-order valence-corrected chi connectivity index (χ3v) is 2.68. The van der Waals surface area contributed by atoms with Gasteiger partial charge in [-0.2, -0.15) is 18.4 Å². The first-order valence-corrected chi connectivity index (χ1v) is 5.04. The minimum Gasteiger partial charge on any atom is -0.248 e. The van der Waals surface area contributed by atoms with Crippen LogP contribution in [0.3, 0.4) is 0 Å². The largest absolute Gasteiger partial charge is 0.417 e. The monoisotopic (exact) mass is 252 g/mol. The van der Waals surface area contributed by atoms with Crippen molar-refractivity contribution in [3.05, 3.63) is 22.8 Å². The SMILES string of the molecule is N#CCSc1ncc(C(F)(F)F)cc1Cl. The van der Waals surface area contributed by atoms with Crippen LogP contribution in [-0.4, -0.2) is 10.7 Å². The Morgan fingerprint density at radius 2 is 2.20 bits per heavy atom. The molecule has 0 aliphatic rings. The molecule has 2 nitrogen and oxygen atoms in total. The molecular formula is C8H4ClF3N2S. The molecule has 0 radical (unpaired) electrons. The van der Waals surface area contributed by atoms with Crippen LogP contribution in [-0.2, 0) is 6.18 Å². The first-order chi connectivity index (χ1) is 6.95. The number of nitriles is 1. The zero-order valence-electron chi connectivity index (χ0n) is 7.18. The maximum atomic E-state index is 12.2. The fourth-order valence-corrected chi connectivity index (χ4v) is 1.64. The van der Waals surface area contributed by atoms with Gasteiger partial charge in [-0.25, -0.2) is 4.98 Å². The van der Waals surface area contributed by atoms with Crippen molar-refractivity contribution in [1.29, 1.82) is 5.26 Å². The molecular weight excluding hydrogens is 249 g/mol. The molecule has 1 rings (SSSR count). The van der Waals surface area contributed by atoms with Crippen molar-refractivity contribution in [2.45, 2.75) is 11.2 Å². The summed E-state index contributed by atoms with van der Waals surface area (Å²) in [6, 6.07) is 2.63. The Labute approximate surface area is 93.1 Å². The summed E-state index contributed by atoms with van der Waals surface area (Å²) in [6.45, 7) is 0. The Balaban J connectivity index is 2.94. The van der Waals surface area contributed by atoms with E-state index in [0.717, 1.165) is 17.8 Å². The summed E-state index contributed by atoms with van der Waals surface area (Å²) in [6.07, 6.45) is -3.75. The second kappa shape index (κ2) is 4.73. The van der Waals surface area contributed by atoms with Crippen LogP contribution in [0, 0.1) is 11.3 Å². The lowest BCUT2D eigenvalue weighted by Crippen LogP contribution is -2.05. The van der Waals surface area contributed by atoms with Crippen molar-refractivity contribution in [3.8, 4) is 6.07 Å². The molecule has 7 heteroatoms. The van der Waals surface area contributed by atoms with Crippen molar-refractivity contribution >= 4 is 23.4 Å². The van der Waals surface area contributed by atoms with Gasteiger partial charge >= 0.3 is 6.18 Å². The molecule has 0 fully saturated rings. The van der Waals surface area contributed by atoms with E-state index in [1.807, 2.05) is 6.07 Å². The lowest BCUT2D eigenvalue weighted by atomic mass is 10.3. The molecule has 0 bridgehead atoms. The fourth-order valence-electron chi connectivity index (χ4n) is 0.787. The number of nitrogens with zero attached hydrogens (tertiary/aromatic N) is 2. The molecule has 0 atom stereocenters. The average Bonchev–Trinajstić information content (AvgIpc) is 2.14. The predicted octanol–water partition coefficient (Wildman–Crippen LogP) is 3.37. The van der Waals surface area contributed by atoms with Crippen LogP contribution < -0.4 is 0 Å². The van der Waals surface area contributed by atoms with E-state index in [1.54, 1.807) is 0 Å². The second-order valence-electron chi connectivity index (χ2n) is 2.46. The number of alkyl halides is 3. The number of hydrogen-bond donors (Lipinski definition) is 0. The normalized spacial score (nSPS) is 11.1. The minimum absolute atomic E-state index is 0.0925. The molecule has 15 heavy (non-hydrogen) atoms. The molecule has 1 heterocycles. The van der Waals surface area contributed by atoms with Crippen molar-refractivity contribution in [2.24, 2.45) is 0 Å². The first kappa shape index (κ1) is 12.1. The highest BCUT2D eigenvalue weighted by molar-refractivity contribution is 7.99. The zero-order chi connectivity index (χ0) is 11.5. The number of hydrogen-bond acceptors (Lipinski definition) is 3. The zero-order valence-corrected chi connectivity index (χ0v) is 8.75. The van der Waals surface area contributed by atoms with E-state index in [2.05, 4.69) is 4.98 Å². The molecule has 0 aliphatic heterocycles. The predicted molar refractivity (Wildman–Crippen MR) is 50.6 cm³/mol. The summed E-state index contributed by atoms with van der Waals surface area (Å²) in [7, 11) is 0. The third-order valence-electron chi connectivity index (χ3n) is 1.41. The molecule has 0 saturated carbocycles. The summed E-state index contributed by atoms with van der Waals surface area (Å²) in [5, 5.41) is 8.42. The Bertz CT molecular complexity index is 400. The molecule has 0 N–H and O–H groups in total. The first-order valence-electron chi connectivity index (χ1n) is 3.67. The minimum atomic E-state index is -4.45. The molecule has 1 aromatic heterocycles. The van der Waals surface area contributed by atoms with Gasteiger partial charge in [0, 0.05) is 6.20 Å². The van der Waals surface area contributed by atoms with Crippen LogP contribution in [0.1, 0.15) is 5.56 Å². The van der Waals surface area contributed by atoms with E-state index in [-0.39, 0.29) is 15.8 Å². The van der Waals surface area contributed by atoms with E-state index in [0.29, 0.717) is 6.20 Å². The van der Waals surface area contributed by atoms with E-state index in [9.17, 15) is 13.2 Å². The number of pyridine rings is 1. The molecule has 1 aromatic rings. The van der Waals surface area contributed by atoms with Crippen LogP contribution in [0.15, 0.2) is 17.3 Å². The summed E-state index contributed by atoms with van der Waals surface area (Å²) in [4.78, 5) is 3.54. The molecule has 0 spiro atoms. The van der Waals surface area contributed by atoms with Gasteiger partial charge in [-0.05, 0) is 6.07 Å². The van der Waals surface area contributed by atoms with Gasteiger partial charge in [0.05, 0.1) is 22.4 Å². The van der Waals surface area contributed by atoms with Crippen molar-refractivity contribution in [2.75, 3.05) is 5.75 Å². The summed E-state index contributed by atoms with van der Waals surface area (Å²) in [5.41, 5.74) is -0.895. The summed E-state index contributed by atoms with van der Waals surface area (Å²) >= 11 is 6.57. The molecule has 0 unspecified atom stereocenters. The molecule has 0 aromatic carbocycles. The van der Waals surface area contributed by atoms with Crippen LogP contribution in [0.4, 0.5) is 13.2 Å². The topological polar surface area (TPSA) is 36.7 Å². The van der Waals surface area contributed by atoms with Crippen molar-refractivity contribution in [1.82, 2.24) is 4.98 Å². The maximum Gasteiger partial charge on any atom is 0.417 e. The lowest BCUT2D eigenvalue weighted by Gasteiger charge is -2.07. The van der Waals surface area contributed by atoms with Gasteiger partial charge in [-0.15, -0.1) is 0 Å². The maximum absolute atomic E-state index is 12.2. The van der Waals surface area contributed by atoms with Gasteiger partial charge in [0.1, 0.15) is 5.03 Å². The molecule has 80 valence electrons. The van der Waals surface area contributed by atoms with E-state index in [4.69, 9.17) is 16.9 Å². The lowest BCUT2D eigenvalue weighted by molar-refractivity contribution is -0.137. The van der Waals surface area contributed by atoms with Gasteiger partial charge < -0.3 is 0 Å². The van der Waals surface area contributed by atoms with Crippen LogP contribution in [0.5, 0.6) is 0 Å². The van der Waals surface area contributed by atoms with Gasteiger partial charge in [-0.3, -0.25) is 0 Å². The average molecular weight is 253 g/mol. The Kier molecular flexibility index (Phi) is 3.83. The third kappa shape index (κ3) is 3.29. The van der Waals surface area contributed by atoms with Gasteiger partial charge in [0.2, 0.25) is 0 Å².